The van der Waals surface area contributed by atoms with Gasteiger partial charge in [0.2, 0.25) is 0 Å². The van der Waals surface area contributed by atoms with E-state index in [1.165, 1.54) is 0 Å². The second kappa shape index (κ2) is 20.8. The highest BCUT2D eigenvalue weighted by atomic mass is 32.2. The minimum atomic E-state index is -5.53. The fraction of sp³-hybridized carbons (Fsp3) is 0.529. The Bertz CT molecular complexity index is 1880. The van der Waals surface area contributed by atoms with Crippen LogP contribution in [-0.4, -0.2) is 123 Å². The zero-order valence-electron chi connectivity index (χ0n) is 32.0. The van der Waals surface area contributed by atoms with E-state index in [1.807, 2.05) is 0 Å². The van der Waals surface area contributed by atoms with Crippen molar-refractivity contribution in [3.05, 3.63) is 53.3 Å². The third-order valence-electron chi connectivity index (χ3n) is 7.50. The Morgan fingerprint density at radius 2 is 1.46 bits per heavy atom. The number of carbonyl (C=O) groups excluding carboxylic acids is 4. The van der Waals surface area contributed by atoms with E-state index in [9.17, 15) is 58.3 Å². The van der Waals surface area contributed by atoms with E-state index in [0.29, 0.717) is 9.80 Å². The standard InChI is InChI=1S/C34H42F7N5O12S/c1-32(2,3)58-29(48)42-9-13-53-15-16-54-17-18-55-21-27(47)43-59(51,52)56-14-12-45-10-11-46(30(45)49)26-20-22(33(36,37)38)19-25(34(39,40)41)28(26)57-31(50)44(4)24-7-5-23(35)6-8-24/h5-8,19-20H,9-18,21H2,1-4H3,(H,42,48)(H,43,47). The number of hydrogen-bond donors (Lipinski definition) is 2. The molecule has 25 heteroatoms. The van der Waals surface area contributed by atoms with Crippen LogP contribution in [0.15, 0.2) is 36.4 Å². The first-order valence-electron chi connectivity index (χ1n) is 17.4. The van der Waals surface area contributed by atoms with Gasteiger partial charge in [-0.2, -0.15) is 34.8 Å². The molecule has 0 bridgehead atoms. The van der Waals surface area contributed by atoms with E-state index in [4.69, 9.17) is 23.7 Å². The molecule has 0 unspecified atom stereocenters. The third kappa shape index (κ3) is 16.0. The SMILES string of the molecule is CN(C(=O)Oc1c(N2CCN(CCOS(=O)(=O)NC(=O)COCCOCCOCCNC(=O)OC(C)(C)C)C2=O)cc(C(F)(F)F)cc1C(F)(F)F)c1ccc(F)cc1. The average Bonchev–Trinajstić information content (AvgIpc) is 3.47. The molecule has 0 radical (unpaired) electrons. The summed E-state index contributed by atoms with van der Waals surface area (Å²) < 4.78 is 154. The second-order valence-corrected chi connectivity index (χ2v) is 14.5. The van der Waals surface area contributed by atoms with Gasteiger partial charge in [-0.05, 0) is 57.2 Å². The molecule has 1 fully saturated rings. The van der Waals surface area contributed by atoms with Crippen LogP contribution >= 0.6 is 0 Å². The number of nitrogens with one attached hydrogen (secondary N) is 2. The van der Waals surface area contributed by atoms with Crippen molar-refractivity contribution in [2.24, 2.45) is 0 Å². The van der Waals surface area contributed by atoms with Gasteiger partial charge in [0.1, 0.15) is 23.6 Å². The number of urea groups is 1. The Morgan fingerprint density at radius 3 is 2.05 bits per heavy atom. The predicted octanol–water partition coefficient (Wildman–Crippen LogP) is 4.69. The zero-order chi connectivity index (χ0) is 44.2. The fourth-order valence-electron chi connectivity index (χ4n) is 4.83. The summed E-state index contributed by atoms with van der Waals surface area (Å²) in [5.41, 5.74) is -5.64. The fourth-order valence-corrected chi connectivity index (χ4v) is 5.53. The van der Waals surface area contributed by atoms with Crippen LogP contribution in [-0.2, 0) is 50.6 Å². The molecule has 0 aliphatic carbocycles. The molecule has 1 heterocycles. The van der Waals surface area contributed by atoms with Crippen molar-refractivity contribution in [2.45, 2.75) is 38.7 Å². The first-order valence-corrected chi connectivity index (χ1v) is 18.8. The number of carbonyl (C=O) groups is 4. The number of rotatable bonds is 19. The van der Waals surface area contributed by atoms with Gasteiger partial charge in [0.25, 0.3) is 5.91 Å². The number of hydrogen-bond acceptors (Lipinski definition) is 12. The summed E-state index contributed by atoms with van der Waals surface area (Å²) in [6.07, 6.45) is -13.0. The van der Waals surface area contributed by atoms with Crippen molar-refractivity contribution in [3.8, 4) is 5.75 Å². The highest BCUT2D eigenvalue weighted by Crippen LogP contribution is 2.47. The van der Waals surface area contributed by atoms with Crippen LogP contribution in [0.5, 0.6) is 5.75 Å². The lowest BCUT2D eigenvalue weighted by atomic mass is 10.1. The van der Waals surface area contributed by atoms with Crippen molar-refractivity contribution in [2.75, 3.05) is 89.3 Å². The first-order chi connectivity index (χ1) is 27.4. The van der Waals surface area contributed by atoms with Gasteiger partial charge in [-0.1, -0.05) is 0 Å². The predicted molar refractivity (Wildman–Crippen MR) is 191 cm³/mol. The molecule has 2 N–H and O–H groups in total. The van der Waals surface area contributed by atoms with Crippen LogP contribution in [0.1, 0.15) is 31.9 Å². The van der Waals surface area contributed by atoms with Gasteiger partial charge < -0.3 is 33.9 Å². The quantitative estimate of drug-likeness (QED) is 0.147. The molecular formula is C34H42F7N5O12S. The van der Waals surface area contributed by atoms with E-state index in [1.54, 1.807) is 25.5 Å². The number of benzene rings is 2. The molecule has 1 saturated heterocycles. The number of halogens is 7. The van der Waals surface area contributed by atoms with Gasteiger partial charge in [-0.15, -0.1) is 0 Å². The highest BCUT2D eigenvalue weighted by molar-refractivity contribution is 7.85. The molecule has 17 nitrogen and oxygen atoms in total. The molecule has 0 atom stereocenters. The van der Waals surface area contributed by atoms with E-state index >= 15 is 0 Å². The van der Waals surface area contributed by atoms with Crippen molar-refractivity contribution < 1.29 is 86.2 Å². The molecular weight excluding hydrogens is 835 g/mol. The van der Waals surface area contributed by atoms with Crippen molar-refractivity contribution in [3.63, 3.8) is 0 Å². The third-order valence-corrected chi connectivity index (χ3v) is 8.45. The second-order valence-electron chi connectivity index (χ2n) is 13.2. The van der Waals surface area contributed by atoms with Gasteiger partial charge in [0.05, 0.1) is 50.9 Å². The van der Waals surface area contributed by atoms with Crippen molar-refractivity contribution in [1.82, 2.24) is 14.9 Å². The van der Waals surface area contributed by atoms with Gasteiger partial charge in [-0.3, -0.25) is 18.8 Å². The lowest BCUT2D eigenvalue weighted by Gasteiger charge is -2.26. The molecule has 2 aromatic rings. The lowest BCUT2D eigenvalue weighted by Crippen LogP contribution is -2.38. The van der Waals surface area contributed by atoms with E-state index < -0.39 is 107 Å². The smallest absolute Gasteiger partial charge is 0.420 e. The highest BCUT2D eigenvalue weighted by Gasteiger charge is 2.44. The maximum absolute atomic E-state index is 14.2. The summed E-state index contributed by atoms with van der Waals surface area (Å²) in [5, 5.41) is 2.51. The number of nitrogens with zero attached hydrogens (tertiary/aromatic N) is 3. The molecule has 0 spiro atoms. The Balaban J connectivity index is 1.51. The van der Waals surface area contributed by atoms with Crippen LogP contribution in [0.4, 0.5) is 56.5 Å². The lowest BCUT2D eigenvalue weighted by molar-refractivity contribution is -0.143. The molecule has 1 aliphatic rings. The molecule has 0 saturated carbocycles. The molecule has 1 aliphatic heterocycles. The first kappa shape index (κ1) is 48.4. The Kier molecular flexibility index (Phi) is 17.1. The summed E-state index contributed by atoms with van der Waals surface area (Å²) in [6.45, 7) is 2.74. The average molecular weight is 878 g/mol. The van der Waals surface area contributed by atoms with Crippen LogP contribution in [0.3, 0.4) is 0 Å². The summed E-state index contributed by atoms with van der Waals surface area (Å²) in [7, 11) is -3.74. The van der Waals surface area contributed by atoms with Gasteiger partial charge in [0.15, 0.2) is 5.75 Å². The number of alkyl halides is 6. The monoisotopic (exact) mass is 877 g/mol. The van der Waals surface area contributed by atoms with Gasteiger partial charge >= 0.3 is 40.9 Å². The van der Waals surface area contributed by atoms with Crippen molar-refractivity contribution in [1.29, 1.82) is 0 Å². The number of ether oxygens (including phenoxy) is 5. The van der Waals surface area contributed by atoms with E-state index in [-0.39, 0.29) is 63.9 Å². The Labute approximate surface area is 333 Å². The normalized spacial score (nSPS) is 13.7. The number of alkyl carbamates (subject to hydrolysis) is 1. The maximum Gasteiger partial charge on any atom is 0.420 e. The van der Waals surface area contributed by atoms with Crippen LogP contribution in [0, 0.1) is 5.82 Å². The Morgan fingerprint density at radius 1 is 0.847 bits per heavy atom. The molecule has 3 rings (SSSR count). The summed E-state index contributed by atoms with van der Waals surface area (Å²) in [5.74, 6) is -3.30. The zero-order valence-corrected chi connectivity index (χ0v) is 32.9. The topological polar surface area (TPSA) is 192 Å². The Hall–Kier alpha value is -4.98. The van der Waals surface area contributed by atoms with Gasteiger partial charge in [-0.25, -0.2) is 23.5 Å². The van der Waals surface area contributed by atoms with Crippen LogP contribution < -0.4 is 24.6 Å². The van der Waals surface area contributed by atoms with Crippen molar-refractivity contribution >= 4 is 45.8 Å². The van der Waals surface area contributed by atoms with Crippen LogP contribution in [0.2, 0.25) is 0 Å². The minimum Gasteiger partial charge on any atom is -0.444 e. The molecule has 330 valence electrons. The minimum absolute atomic E-state index is 0.00587. The maximum atomic E-state index is 14.2. The molecule has 0 aromatic heterocycles. The van der Waals surface area contributed by atoms with E-state index in [0.717, 1.165) is 36.2 Å². The van der Waals surface area contributed by atoms with Gasteiger partial charge in [0, 0.05) is 38.9 Å². The number of anilines is 2. The molecule has 5 amide bonds. The molecule has 59 heavy (non-hydrogen) atoms. The number of amides is 5. The van der Waals surface area contributed by atoms with Crippen LogP contribution in [0.25, 0.3) is 0 Å². The summed E-state index contributed by atoms with van der Waals surface area (Å²) in [6, 6.07) is 2.71. The summed E-state index contributed by atoms with van der Waals surface area (Å²) in [4.78, 5) is 51.8. The molecule has 2 aromatic carbocycles. The van der Waals surface area contributed by atoms with E-state index in [2.05, 4.69) is 9.50 Å². The largest absolute Gasteiger partial charge is 0.444 e. The summed E-state index contributed by atoms with van der Waals surface area (Å²) >= 11 is 0.